The van der Waals surface area contributed by atoms with Gasteiger partial charge in [-0.3, -0.25) is 4.79 Å². The zero-order valence-corrected chi connectivity index (χ0v) is 14.0. The summed E-state index contributed by atoms with van der Waals surface area (Å²) in [6.07, 6.45) is 8.76. The van der Waals surface area contributed by atoms with E-state index in [2.05, 4.69) is 13.8 Å². The molecule has 0 aromatic heterocycles. The summed E-state index contributed by atoms with van der Waals surface area (Å²) in [6, 6.07) is 0. The van der Waals surface area contributed by atoms with Crippen molar-refractivity contribution >= 4 is 5.97 Å². The first-order valence-electron chi connectivity index (χ1n) is 8.49. The maximum Gasteiger partial charge on any atom is 0.311 e. The first kappa shape index (κ1) is 15.9. The Labute approximate surface area is 124 Å². The van der Waals surface area contributed by atoms with Crippen molar-refractivity contribution in [2.45, 2.75) is 85.2 Å². The minimum Gasteiger partial charge on any atom is -0.459 e. The summed E-state index contributed by atoms with van der Waals surface area (Å²) < 4.78 is 6.10. The van der Waals surface area contributed by atoms with Crippen molar-refractivity contribution in [3.8, 4) is 0 Å². The van der Waals surface area contributed by atoms with Gasteiger partial charge in [-0.25, -0.2) is 0 Å². The molecule has 2 heteroatoms. The Bertz CT molecular complexity index is 355. The number of hydrogen-bond acceptors (Lipinski definition) is 2. The summed E-state index contributed by atoms with van der Waals surface area (Å²) in [7, 11) is 0. The molecule has 2 aliphatic carbocycles. The van der Waals surface area contributed by atoms with Gasteiger partial charge in [0, 0.05) is 5.92 Å². The molecule has 2 saturated carbocycles. The van der Waals surface area contributed by atoms with Gasteiger partial charge in [0.2, 0.25) is 0 Å². The number of hydrogen-bond donors (Lipinski definition) is 0. The van der Waals surface area contributed by atoms with Crippen LogP contribution in [0.5, 0.6) is 0 Å². The minimum atomic E-state index is -0.398. The molecule has 0 N–H and O–H groups in total. The molecule has 2 nitrogen and oxygen atoms in total. The molecule has 0 spiro atoms. The zero-order valence-electron chi connectivity index (χ0n) is 14.0. The fourth-order valence-corrected chi connectivity index (χ4v) is 4.20. The highest BCUT2D eigenvalue weighted by molar-refractivity contribution is 5.75. The van der Waals surface area contributed by atoms with Crippen molar-refractivity contribution in [3.05, 3.63) is 0 Å². The molecule has 2 fully saturated rings. The van der Waals surface area contributed by atoms with Crippen LogP contribution in [0.4, 0.5) is 0 Å². The molecule has 0 saturated heterocycles. The molecule has 2 bridgehead atoms. The van der Waals surface area contributed by atoms with E-state index in [4.69, 9.17) is 4.74 Å². The predicted octanol–water partition coefficient (Wildman–Crippen LogP) is 4.96. The van der Waals surface area contributed by atoms with Crippen LogP contribution >= 0.6 is 0 Å². The summed E-state index contributed by atoms with van der Waals surface area (Å²) in [6.45, 7) is 10.3. The van der Waals surface area contributed by atoms with E-state index in [1.54, 1.807) is 0 Å². The zero-order chi connectivity index (χ0) is 15.0. The Hall–Kier alpha value is -0.530. The van der Waals surface area contributed by atoms with Gasteiger partial charge in [0.1, 0.15) is 5.60 Å². The van der Waals surface area contributed by atoms with E-state index < -0.39 is 5.41 Å². The fraction of sp³-hybridized carbons (Fsp3) is 0.944. The lowest BCUT2D eigenvalue weighted by molar-refractivity contribution is -0.177. The van der Waals surface area contributed by atoms with E-state index in [0.717, 1.165) is 24.7 Å². The van der Waals surface area contributed by atoms with E-state index in [1.165, 1.54) is 32.1 Å². The van der Waals surface area contributed by atoms with Crippen LogP contribution in [0.2, 0.25) is 0 Å². The second-order valence-corrected chi connectivity index (χ2v) is 8.34. The summed E-state index contributed by atoms with van der Waals surface area (Å²) in [4.78, 5) is 12.4. The molecule has 0 aromatic carbocycles. The third-order valence-corrected chi connectivity index (χ3v) is 5.49. The van der Waals surface area contributed by atoms with Crippen molar-refractivity contribution in [1.82, 2.24) is 0 Å². The molecular formula is C18H32O2. The number of carbonyl (C=O) groups excluding carboxylic acids is 1. The molecule has 0 heterocycles. The van der Waals surface area contributed by atoms with E-state index in [9.17, 15) is 4.79 Å². The molecule has 2 aliphatic rings. The Balaban J connectivity index is 2.11. The van der Waals surface area contributed by atoms with E-state index in [0.29, 0.717) is 5.92 Å². The Kier molecular flexibility index (Phi) is 4.51. The van der Waals surface area contributed by atoms with Crippen LogP contribution in [0, 0.1) is 23.2 Å². The molecule has 2 rings (SSSR count). The normalized spacial score (nSPS) is 32.1. The molecule has 0 amide bonds. The lowest BCUT2D eigenvalue weighted by Gasteiger charge is -2.41. The van der Waals surface area contributed by atoms with Crippen LogP contribution in [0.3, 0.4) is 0 Å². The standard InChI is InChI=1S/C18H32O2/c1-6-7-10-18(5,20-16(19)17(2,3)4)15-12-13-8-9-14(15)11-13/h13-15H,6-12H2,1-5H3. The molecular weight excluding hydrogens is 248 g/mol. The molecule has 20 heavy (non-hydrogen) atoms. The van der Waals surface area contributed by atoms with Gasteiger partial charge in [0.25, 0.3) is 0 Å². The van der Waals surface area contributed by atoms with Crippen LogP contribution in [0.25, 0.3) is 0 Å². The molecule has 4 unspecified atom stereocenters. The van der Waals surface area contributed by atoms with Gasteiger partial charge in [-0.1, -0.05) is 19.8 Å². The van der Waals surface area contributed by atoms with Crippen LogP contribution < -0.4 is 0 Å². The maximum atomic E-state index is 12.4. The van der Waals surface area contributed by atoms with Crippen molar-refractivity contribution in [2.75, 3.05) is 0 Å². The van der Waals surface area contributed by atoms with Gasteiger partial charge in [-0.2, -0.15) is 0 Å². The third kappa shape index (κ3) is 3.20. The number of fused-ring (bicyclic) bond motifs is 2. The number of esters is 1. The Morgan fingerprint density at radius 1 is 1.15 bits per heavy atom. The maximum absolute atomic E-state index is 12.4. The monoisotopic (exact) mass is 280 g/mol. The van der Waals surface area contributed by atoms with E-state index in [1.807, 2.05) is 20.8 Å². The molecule has 4 atom stereocenters. The number of unbranched alkanes of at least 4 members (excludes halogenated alkanes) is 1. The van der Waals surface area contributed by atoms with E-state index in [-0.39, 0.29) is 11.6 Å². The lowest BCUT2D eigenvalue weighted by Crippen LogP contribution is -2.44. The van der Waals surface area contributed by atoms with Crippen LogP contribution in [0.1, 0.15) is 79.6 Å². The van der Waals surface area contributed by atoms with Gasteiger partial charge in [-0.15, -0.1) is 0 Å². The fourth-order valence-electron chi connectivity index (χ4n) is 4.20. The largest absolute Gasteiger partial charge is 0.459 e. The van der Waals surface area contributed by atoms with Crippen LogP contribution in [-0.2, 0) is 9.53 Å². The molecule has 0 radical (unpaired) electrons. The van der Waals surface area contributed by atoms with Crippen molar-refractivity contribution < 1.29 is 9.53 Å². The van der Waals surface area contributed by atoms with Gasteiger partial charge < -0.3 is 4.74 Å². The predicted molar refractivity (Wildman–Crippen MR) is 82.4 cm³/mol. The van der Waals surface area contributed by atoms with Crippen molar-refractivity contribution in [3.63, 3.8) is 0 Å². The quantitative estimate of drug-likeness (QED) is 0.665. The van der Waals surface area contributed by atoms with Crippen LogP contribution in [0.15, 0.2) is 0 Å². The third-order valence-electron chi connectivity index (χ3n) is 5.49. The topological polar surface area (TPSA) is 26.3 Å². The second kappa shape index (κ2) is 5.69. The lowest BCUT2D eigenvalue weighted by atomic mass is 9.74. The smallest absolute Gasteiger partial charge is 0.311 e. The van der Waals surface area contributed by atoms with Crippen LogP contribution in [-0.4, -0.2) is 11.6 Å². The summed E-state index contributed by atoms with van der Waals surface area (Å²) in [5, 5.41) is 0. The van der Waals surface area contributed by atoms with Crippen molar-refractivity contribution in [2.24, 2.45) is 23.2 Å². The van der Waals surface area contributed by atoms with Crippen molar-refractivity contribution in [1.29, 1.82) is 0 Å². The number of rotatable bonds is 5. The number of carbonyl (C=O) groups is 1. The Morgan fingerprint density at radius 3 is 2.30 bits per heavy atom. The minimum absolute atomic E-state index is 0.0288. The first-order valence-corrected chi connectivity index (χ1v) is 8.49. The summed E-state index contributed by atoms with van der Waals surface area (Å²) in [5.41, 5.74) is -0.634. The highest BCUT2D eigenvalue weighted by atomic mass is 16.6. The molecule has 0 aromatic rings. The van der Waals surface area contributed by atoms with Gasteiger partial charge >= 0.3 is 5.97 Å². The Morgan fingerprint density at radius 2 is 1.85 bits per heavy atom. The molecule has 116 valence electrons. The first-order chi connectivity index (χ1) is 9.26. The SMILES string of the molecule is CCCCC(C)(OC(=O)C(C)(C)C)C1CC2CCC1C2. The second-order valence-electron chi connectivity index (χ2n) is 8.34. The average molecular weight is 280 g/mol. The molecule has 0 aliphatic heterocycles. The highest BCUT2D eigenvalue weighted by Crippen LogP contribution is 2.54. The van der Waals surface area contributed by atoms with Gasteiger partial charge in [0.05, 0.1) is 5.41 Å². The summed E-state index contributed by atoms with van der Waals surface area (Å²) in [5.74, 6) is 2.27. The van der Waals surface area contributed by atoms with Gasteiger partial charge in [-0.05, 0) is 71.6 Å². The average Bonchev–Trinajstić information content (AvgIpc) is 2.97. The summed E-state index contributed by atoms with van der Waals surface area (Å²) >= 11 is 0. The van der Waals surface area contributed by atoms with Gasteiger partial charge in [0.15, 0.2) is 0 Å². The number of ether oxygens (including phenoxy) is 1. The highest BCUT2D eigenvalue weighted by Gasteiger charge is 2.50. The van der Waals surface area contributed by atoms with E-state index >= 15 is 0 Å².